The molecule has 19 heavy (non-hydrogen) atoms. The number of pyridine rings is 1. The van der Waals surface area contributed by atoms with Gasteiger partial charge in [-0.05, 0) is 46.1 Å². The first-order chi connectivity index (χ1) is 8.80. The molecule has 5 heteroatoms. The molecular formula is C14H20N4O. The number of hydrogen-bond acceptors (Lipinski definition) is 4. The van der Waals surface area contributed by atoms with Crippen LogP contribution >= 0.6 is 0 Å². The van der Waals surface area contributed by atoms with Gasteiger partial charge in [0.15, 0.2) is 5.82 Å². The van der Waals surface area contributed by atoms with Crippen LogP contribution in [0.25, 0.3) is 11.0 Å². The summed E-state index contributed by atoms with van der Waals surface area (Å²) in [5, 5.41) is 10.4. The van der Waals surface area contributed by atoms with E-state index in [1.165, 1.54) is 5.56 Å². The van der Waals surface area contributed by atoms with Crippen LogP contribution < -0.4 is 5.73 Å². The second-order valence-electron chi connectivity index (χ2n) is 6.00. The minimum absolute atomic E-state index is 0.0335. The summed E-state index contributed by atoms with van der Waals surface area (Å²) in [4.78, 5) is 8.94. The highest BCUT2D eigenvalue weighted by Crippen LogP contribution is 2.39. The number of hydrogen-bond donors (Lipinski definition) is 2. The highest BCUT2D eigenvalue weighted by molar-refractivity contribution is 5.89. The van der Waals surface area contributed by atoms with Crippen LogP contribution in [0.4, 0.5) is 5.82 Å². The summed E-state index contributed by atoms with van der Waals surface area (Å²) in [6.07, 6.45) is 1.81. The molecule has 1 aliphatic rings. The molecule has 0 aromatic carbocycles. The van der Waals surface area contributed by atoms with Crippen LogP contribution in [0.1, 0.15) is 43.4 Å². The molecule has 0 bridgehead atoms. The minimum Gasteiger partial charge on any atom is -0.388 e. The Morgan fingerprint density at radius 3 is 2.63 bits per heavy atom. The topological polar surface area (TPSA) is 77.0 Å². The van der Waals surface area contributed by atoms with Gasteiger partial charge in [0.25, 0.3) is 0 Å². The lowest BCUT2D eigenvalue weighted by atomic mass is 9.88. The standard InChI is InChI=1S/C14H20N4O/c1-7-9-5-6-10(14(3,4)19)18-8(2)17-11(12(9)18)13(15)16-7/h10,19H,5-6H2,1-4H3,(H2,15,16). The van der Waals surface area contributed by atoms with Crippen LogP contribution in [0.5, 0.6) is 0 Å². The van der Waals surface area contributed by atoms with E-state index in [1.807, 2.05) is 27.7 Å². The first-order valence-electron chi connectivity index (χ1n) is 6.66. The molecule has 1 unspecified atom stereocenters. The maximum absolute atomic E-state index is 10.4. The van der Waals surface area contributed by atoms with Crippen LogP contribution in [-0.4, -0.2) is 25.2 Å². The van der Waals surface area contributed by atoms with E-state index in [0.717, 1.165) is 35.4 Å². The van der Waals surface area contributed by atoms with Gasteiger partial charge in [0.1, 0.15) is 11.3 Å². The van der Waals surface area contributed by atoms with Gasteiger partial charge in [-0.25, -0.2) is 9.97 Å². The molecule has 1 aliphatic heterocycles. The third-order valence-electron chi connectivity index (χ3n) is 4.14. The summed E-state index contributed by atoms with van der Waals surface area (Å²) in [7, 11) is 0. The summed E-state index contributed by atoms with van der Waals surface area (Å²) in [5.41, 5.74) is 9.23. The quantitative estimate of drug-likeness (QED) is 0.821. The van der Waals surface area contributed by atoms with Crippen molar-refractivity contribution in [2.75, 3.05) is 5.73 Å². The lowest BCUT2D eigenvalue weighted by Crippen LogP contribution is -2.36. The second-order valence-corrected chi connectivity index (χ2v) is 6.00. The first-order valence-corrected chi connectivity index (χ1v) is 6.66. The smallest absolute Gasteiger partial charge is 0.151 e. The third kappa shape index (κ3) is 1.64. The molecule has 3 N–H and O–H groups in total. The van der Waals surface area contributed by atoms with Gasteiger partial charge in [0, 0.05) is 5.69 Å². The lowest BCUT2D eigenvalue weighted by molar-refractivity contribution is 0.0186. The van der Waals surface area contributed by atoms with Gasteiger partial charge >= 0.3 is 0 Å². The Kier molecular flexibility index (Phi) is 2.41. The number of aryl methyl sites for hydroxylation is 3. The Labute approximate surface area is 112 Å². The largest absolute Gasteiger partial charge is 0.388 e. The number of nitrogen functional groups attached to an aromatic ring is 1. The lowest BCUT2D eigenvalue weighted by Gasteiger charge is -2.35. The normalized spacial score (nSPS) is 19.1. The molecule has 0 amide bonds. The van der Waals surface area contributed by atoms with Gasteiger partial charge < -0.3 is 15.4 Å². The van der Waals surface area contributed by atoms with E-state index in [4.69, 9.17) is 5.73 Å². The van der Waals surface area contributed by atoms with Gasteiger partial charge in [-0.15, -0.1) is 0 Å². The van der Waals surface area contributed by atoms with Crippen molar-refractivity contribution in [1.29, 1.82) is 0 Å². The molecule has 0 fully saturated rings. The van der Waals surface area contributed by atoms with Crippen molar-refractivity contribution in [1.82, 2.24) is 14.5 Å². The summed E-state index contributed by atoms with van der Waals surface area (Å²) in [6.45, 7) is 7.65. The Bertz CT molecular complexity index is 666. The van der Waals surface area contributed by atoms with Crippen molar-refractivity contribution in [3.63, 3.8) is 0 Å². The molecule has 0 saturated carbocycles. The average molecular weight is 260 g/mol. The zero-order valence-electron chi connectivity index (χ0n) is 11.9. The molecule has 3 rings (SSSR count). The van der Waals surface area contributed by atoms with Gasteiger partial charge in [-0.3, -0.25) is 0 Å². The summed E-state index contributed by atoms with van der Waals surface area (Å²) in [6, 6.07) is 0.0335. The minimum atomic E-state index is -0.776. The van der Waals surface area contributed by atoms with Gasteiger partial charge in [0.2, 0.25) is 0 Å². The molecule has 3 heterocycles. The molecule has 0 radical (unpaired) electrons. The number of imidazole rings is 1. The van der Waals surface area contributed by atoms with Gasteiger partial charge in [-0.1, -0.05) is 0 Å². The fourth-order valence-electron chi connectivity index (χ4n) is 3.24. The zero-order chi connectivity index (χ0) is 13.9. The van der Waals surface area contributed by atoms with Crippen molar-refractivity contribution in [3.8, 4) is 0 Å². The number of aromatic nitrogens is 3. The molecule has 5 nitrogen and oxygen atoms in total. The Balaban J connectivity index is 2.40. The number of nitrogens with zero attached hydrogens (tertiary/aromatic N) is 3. The molecule has 0 spiro atoms. The van der Waals surface area contributed by atoms with Crippen molar-refractivity contribution in [2.24, 2.45) is 0 Å². The van der Waals surface area contributed by atoms with E-state index in [9.17, 15) is 5.11 Å². The Morgan fingerprint density at radius 1 is 1.32 bits per heavy atom. The van der Waals surface area contributed by atoms with E-state index in [2.05, 4.69) is 14.5 Å². The van der Waals surface area contributed by atoms with E-state index in [1.54, 1.807) is 0 Å². The molecule has 0 aliphatic carbocycles. The maximum Gasteiger partial charge on any atom is 0.151 e. The number of rotatable bonds is 1. The van der Waals surface area contributed by atoms with Gasteiger partial charge in [-0.2, -0.15) is 0 Å². The number of nitrogens with two attached hydrogens (primary N) is 1. The van der Waals surface area contributed by atoms with E-state index < -0.39 is 5.60 Å². The Morgan fingerprint density at radius 2 is 2.00 bits per heavy atom. The van der Waals surface area contributed by atoms with Crippen LogP contribution in [0.2, 0.25) is 0 Å². The maximum atomic E-state index is 10.4. The summed E-state index contributed by atoms with van der Waals surface area (Å²) in [5.74, 6) is 1.37. The average Bonchev–Trinajstić information content (AvgIpc) is 2.64. The SMILES string of the molecule is Cc1nc(N)c2nc(C)n3c2c1CCC3C(C)(C)O. The highest BCUT2D eigenvalue weighted by Gasteiger charge is 2.35. The van der Waals surface area contributed by atoms with Crippen molar-refractivity contribution >= 4 is 16.9 Å². The number of anilines is 1. The predicted octanol–water partition coefficient (Wildman–Crippen LogP) is 1.89. The molecule has 1 atom stereocenters. The van der Waals surface area contributed by atoms with Crippen LogP contribution in [0.3, 0.4) is 0 Å². The van der Waals surface area contributed by atoms with Crippen molar-refractivity contribution < 1.29 is 5.11 Å². The van der Waals surface area contributed by atoms with Crippen LogP contribution in [0.15, 0.2) is 0 Å². The monoisotopic (exact) mass is 260 g/mol. The Hall–Kier alpha value is -1.62. The van der Waals surface area contributed by atoms with Crippen LogP contribution in [0, 0.1) is 13.8 Å². The summed E-state index contributed by atoms with van der Waals surface area (Å²) < 4.78 is 2.14. The van der Waals surface area contributed by atoms with E-state index in [-0.39, 0.29) is 6.04 Å². The molecular weight excluding hydrogens is 240 g/mol. The van der Waals surface area contributed by atoms with Crippen molar-refractivity contribution in [3.05, 3.63) is 17.1 Å². The number of aliphatic hydroxyl groups is 1. The molecule has 102 valence electrons. The van der Waals surface area contributed by atoms with E-state index in [0.29, 0.717) is 5.82 Å². The predicted molar refractivity (Wildman–Crippen MR) is 75.1 cm³/mol. The zero-order valence-corrected chi connectivity index (χ0v) is 11.9. The molecule has 2 aromatic rings. The van der Waals surface area contributed by atoms with Crippen molar-refractivity contribution in [2.45, 2.75) is 52.2 Å². The third-order valence-corrected chi connectivity index (χ3v) is 4.14. The molecule has 2 aromatic heterocycles. The first kappa shape index (κ1) is 12.4. The second kappa shape index (κ2) is 3.70. The fourth-order valence-corrected chi connectivity index (χ4v) is 3.24. The van der Waals surface area contributed by atoms with Crippen LogP contribution in [-0.2, 0) is 6.42 Å². The van der Waals surface area contributed by atoms with Gasteiger partial charge in [0.05, 0.1) is 17.2 Å². The molecule has 0 saturated heterocycles. The van der Waals surface area contributed by atoms with E-state index >= 15 is 0 Å². The highest BCUT2D eigenvalue weighted by atomic mass is 16.3. The summed E-state index contributed by atoms with van der Waals surface area (Å²) >= 11 is 0. The fraction of sp³-hybridized carbons (Fsp3) is 0.571.